The zero-order chi connectivity index (χ0) is 29.5. The molecule has 0 heterocycles. The average molecular weight is 620 g/mol. The maximum Gasteiger partial charge on any atom is 2.00 e. The summed E-state index contributed by atoms with van der Waals surface area (Å²) in [5, 5.41) is 0. The van der Waals surface area contributed by atoms with Crippen molar-refractivity contribution in [2.24, 2.45) is 4.99 Å². The van der Waals surface area contributed by atoms with Crippen molar-refractivity contribution >= 4 is 17.9 Å². The third kappa shape index (κ3) is 17.2. The average Bonchev–Trinajstić information content (AvgIpc) is 3.78. The number of carbonyl (C=O) groups excluding carboxylic acids is 1. The summed E-state index contributed by atoms with van der Waals surface area (Å²) in [5.41, 5.74) is 3.06. The third-order valence-corrected chi connectivity index (χ3v) is 7.38. The van der Waals surface area contributed by atoms with Crippen LogP contribution >= 0.6 is 0 Å². The third-order valence-electron chi connectivity index (χ3n) is 7.38. The molecule has 4 rings (SSSR count). The largest absolute Gasteiger partial charge is 2.00 e. The van der Waals surface area contributed by atoms with E-state index in [0.29, 0.717) is 12.2 Å². The maximum absolute atomic E-state index is 12.2. The van der Waals surface area contributed by atoms with Crippen LogP contribution in [0.2, 0.25) is 0 Å². The first kappa shape index (κ1) is 37.3. The minimum Gasteiger partial charge on any atom is -0.427 e. The molecule has 4 heteroatoms. The minimum absolute atomic E-state index is 0. The fourth-order valence-corrected chi connectivity index (χ4v) is 4.87. The fourth-order valence-electron chi connectivity index (χ4n) is 4.87. The van der Waals surface area contributed by atoms with E-state index < -0.39 is 0 Å². The maximum atomic E-state index is 12.2. The molecule has 0 aliphatic heterocycles. The summed E-state index contributed by atoms with van der Waals surface area (Å²) in [5.74, 6) is 1.67. The molecule has 2 saturated carbocycles. The van der Waals surface area contributed by atoms with E-state index in [9.17, 15) is 4.79 Å². The van der Waals surface area contributed by atoms with Gasteiger partial charge in [-0.05, 0) is 112 Å². The Morgan fingerprint density at radius 1 is 0.628 bits per heavy atom. The second-order valence-electron chi connectivity index (χ2n) is 11.0. The Morgan fingerprint density at radius 3 is 1.63 bits per heavy atom. The SMILES string of the molecule is CCCCCCCCCCCCCCCC(=O)Oc1ccc(C=Nc2ccc([C]3[CH][CH][CH][CH]3)cc2)cc1.[CH]1[CH][CH][CH][CH]1.[Fe+2]. The number of unbranched alkanes of at least 4 members (excludes halogenated alkanes) is 12. The number of rotatable bonds is 18. The number of esters is 1. The summed E-state index contributed by atoms with van der Waals surface area (Å²) in [4.78, 5) is 16.7. The zero-order valence-electron chi connectivity index (χ0n) is 25.9. The van der Waals surface area contributed by atoms with Crippen LogP contribution in [0.4, 0.5) is 5.69 Å². The van der Waals surface area contributed by atoms with Gasteiger partial charge in [-0.2, -0.15) is 0 Å². The van der Waals surface area contributed by atoms with E-state index in [1.54, 1.807) is 0 Å². The van der Waals surface area contributed by atoms with Crippen LogP contribution in [0.3, 0.4) is 0 Å². The zero-order valence-corrected chi connectivity index (χ0v) is 27.0. The summed E-state index contributed by atoms with van der Waals surface area (Å²) in [6.45, 7) is 2.27. The Balaban J connectivity index is 0.000000973. The second kappa shape index (κ2) is 24.4. The molecule has 0 atom stereocenters. The second-order valence-corrected chi connectivity index (χ2v) is 11.0. The molecule has 10 radical (unpaired) electrons. The molecule has 43 heavy (non-hydrogen) atoms. The molecular weight excluding hydrogens is 570 g/mol. The Labute approximate surface area is 274 Å². The van der Waals surface area contributed by atoms with E-state index in [4.69, 9.17) is 4.74 Å². The summed E-state index contributed by atoms with van der Waals surface area (Å²) >= 11 is 0. The fraction of sp³-hybridized carbons (Fsp3) is 0.385. The first-order valence-electron chi connectivity index (χ1n) is 16.1. The molecule has 2 aromatic rings. The molecule has 0 amide bonds. The molecule has 0 aromatic heterocycles. The molecule has 0 spiro atoms. The van der Waals surface area contributed by atoms with E-state index in [1.165, 1.54) is 82.1 Å². The van der Waals surface area contributed by atoms with Crippen LogP contribution in [0.25, 0.3) is 0 Å². The Bertz CT molecular complexity index is 968. The number of aliphatic imine (C=N–C) groups is 1. The monoisotopic (exact) mass is 619 g/mol. The summed E-state index contributed by atoms with van der Waals surface area (Å²) in [6, 6.07) is 15.7. The van der Waals surface area contributed by atoms with E-state index in [2.05, 4.69) is 36.9 Å². The Kier molecular flexibility index (Phi) is 21.2. The van der Waals surface area contributed by atoms with Crippen molar-refractivity contribution in [3.63, 3.8) is 0 Å². The van der Waals surface area contributed by atoms with Gasteiger partial charge in [0.1, 0.15) is 5.75 Å². The molecule has 2 fully saturated rings. The number of benzene rings is 2. The number of hydrogen-bond acceptors (Lipinski definition) is 3. The van der Waals surface area contributed by atoms with E-state index in [0.717, 1.165) is 24.1 Å². The van der Waals surface area contributed by atoms with Crippen molar-refractivity contribution in [3.8, 4) is 5.75 Å². The molecule has 2 aromatic carbocycles. The molecule has 3 nitrogen and oxygen atoms in total. The van der Waals surface area contributed by atoms with Gasteiger partial charge < -0.3 is 4.74 Å². The molecule has 2 aliphatic carbocycles. The van der Waals surface area contributed by atoms with Crippen molar-refractivity contribution in [1.82, 2.24) is 0 Å². The van der Waals surface area contributed by atoms with Crippen LogP contribution in [0.5, 0.6) is 5.75 Å². The quantitative estimate of drug-likeness (QED) is 0.0548. The summed E-state index contributed by atoms with van der Waals surface area (Å²) in [7, 11) is 0. The van der Waals surface area contributed by atoms with Crippen LogP contribution < -0.4 is 4.74 Å². The van der Waals surface area contributed by atoms with Crippen molar-refractivity contribution in [2.75, 3.05) is 0 Å². The molecule has 0 saturated heterocycles. The van der Waals surface area contributed by atoms with Gasteiger partial charge in [-0.25, -0.2) is 0 Å². The van der Waals surface area contributed by atoms with E-state index in [-0.39, 0.29) is 23.0 Å². The van der Waals surface area contributed by atoms with Gasteiger partial charge in [0.25, 0.3) is 0 Å². The topological polar surface area (TPSA) is 38.7 Å². The predicted octanol–water partition coefficient (Wildman–Crippen LogP) is 10.6. The Hall–Kier alpha value is -1.90. The standard InChI is InChI=1S/C34H44NO2.C5H5.Fe/c1-2-3-4-5-6-7-8-9-10-11-12-13-14-19-34(36)37-33-26-20-29(21-27-33)28-35-32-24-22-31(23-25-32)30-17-15-16-18-30;1-2-4-5-3-1;/h15-18,20-28H,2-14,19H2,1H3;1-5H;/q;;+2. The van der Waals surface area contributed by atoms with E-state index >= 15 is 0 Å². The van der Waals surface area contributed by atoms with Gasteiger partial charge in [0, 0.05) is 18.6 Å². The number of carbonyl (C=O) groups is 1. The smallest absolute Gasteiger partial charge is 0.427 e. The van der Waals surface area contributed by atoms with Crippen LogP contribution in [-0.2, 0) is 21.9 Å². The number of nitrogens with zero attached hydrogens (tertiary/aromatic N) is 1. The summed E-state index contributed by atoms with van der Waals surface area (Å²) in [6.07, 6.45) is 37.5. The summed E-state index contributed by atoms with van der Waals surface area (Å²) < 4.78 is 5.50. The Morgan fingerprint density at radius 2 is 1.12 bits per heavy atom. The molecular formula is C39H49FeNO2+2. The van der Waals surface area contributed by atoms with Crippen molar-refractivity contribution in [1.29, 1.82) is 0 Å². The number of hydrogen-bond donors (Lipinski definition) is 0. The molecule has 2 aliphatic rings. The number of ether oxygens (including phenoxy) is 1. The normalized spacial score (nSPS) is 14.8. The van der Waals surface area contributed by atoms with Gasteiger partial charge >= 0.3 is 23.0 Å². The van der Waals surface area contributed by atoms with Crippen LogP contribution in [-0.4, -0.2) is 12.2 Å². The van der Waals surface area contributed by atoms with Gasteiger partial charge in [-0.3, -0.25) is 9.79 Å². The molecule has 0 N–H and O–H groups in total. The van der Waals surface area contributed by atoms with Gasteiger partial charge in [0.2, 0.25) is 0 Å². The van der Waals surface area contributed by atoms with E-state index in [1.807, 2.05) is 87.6 Å². The van der Waals surface area contributed by atoms with Crippen LogP contribution in [0, 0.1) is 63.7 Å². The molecule has 0 unspecified atom stereocenters. The first-order valence-corrected chi connectivity index (χ1v) is 16.1. The molecule has 228 valence electrons. The van der Waals surface area contributed by atoms with Gasteiger partial charge in [-0.15, -0.1) is 0 Å². The minimum atomic E-state index is -0.144. The van der Waals surface area contributed by atoms with Gasteiger partial charge in [0.05, 0.1) is 5.69 Å². The predicted molar refractivity (Wildman–Crippen MR) is 177 cm³/mol. The van der Waals surface area contributed by atoms with Crippen molar-refractivity contribution < 1.29 is 26.6 Å². The van der Waals surface area contributed by atoms with Gasteiger partial charge in [0.15, 0.2) is 0 Å². The molecule has 0 bridgehead atoms. The van der Waals surface area contributed by atoms with Crippen molar-refractivity contribution in [2.45, 2.75) is 96.8 Å². The van der Waals surface area contributed by atoms with Crippen molar-refractivity contribution in [3.05, 3.63) is 123 Å². The van der Waals surface area contributed by atoms with Crippen LogP contribution in [0.15, 0.2) is 53.5 Å². The van der Waals surface area contributed by atoms with Crippen LogP contribution in [0.1, 0.15) is 108 Å². The van der Waals surface area contributed by atoms with Gasteiger partial charge in [-0.1, -0.05) is 96.1 Å². The first-order chi connectivity index (χ1) is 20.7.